The maximum atomic E-state index is 11.5. The zero-order chi connectivity index (χ0) is 14.6. The van der Waals surface area contributed by atoms with E-state index < -0.39 is 4.92 Å². The van der Waals surface area contributed by atoms with Crippen molar-refractivity contribution in [3.63, 3.8) is 0 Å². The minimum atomic E-state index is -0.515. The maximum absolute atomic E-state index is 11.5. The molecule has 0 aliphatic carbocycles. The number of nitro groups is 1. The molecule has 1 N–H and O–H groups in total. The number of hydrogen-bond donors (Lipinski definition) is 1. The van der Waals surface area contributed by atoms with Gasteiger partial charge in [-0.1, -0.05) is 24.6 Å². The van der Waals surface area contributed by atoms with Crippen molar-refractivity contribution in [3.05, 3.63) is 33.3 Å². The molecular weight excluding hydrogens is 270 g/mol. The van der Waals surface area contributed by atoms with E-state index in [0.29, 0.717) is 12.2 Å². The van der Waals surface area contributed by atoms with E-state index in [4.69, 9.17) is 11.6 Å². The summed E-state index contributed by atoms with van der Waals surface area (Å²) in [6.07, 6.45) is 0. The largest absolute Gasteiger partial charge is 0.368 e. The van der Waals surface area contributed by atoms with E-state index in [2.05, 4.69) is 5.32 Å². The predicted molar refractivity (Wildman–Crippen MR) is 74.6 cm³/mol. The van der Waals surface area contributed by atoms with Gasteiger partial charge in [0.05, 0.1) is 10.8 Å². The van der Waals surface area contributed by atoms with E-state index in [1.165, 1.54) is 6.07 Å². The predicted octanol–water partition coefficient (Wildman–Crippen LogP) is 2.07. The fraction of sp³-hybridized carbons (Fsp3) is 0.417. The van der Waals surface area contributed by atoms with Crippen molar-refractivity contribution in [2.24, 2.45) is 5.92 Å². The van der Waals surface area contributed by atoms with E-state index in [1.54, 1.807) is 38.1 Å². The van der Waals surface area contributed by atoms with Crippen molar-refractivity contribution in [1.82, 2.24) is 5.32 Å². The first-order chi connectivity index (χ1) is 8.88. The van der Waals surface area contributed by atoms with Crippen LogP contribution in [0.5, 0.6) is 0 Å². The van der Waals surface area contributed by atoms with Crippen LogP contribution in [0.25, 0.3) is 0 Å². The average Bonchev–Trinajstić information content (AvgIpc) is 2.36. The average molecular weight is 286 g/mol. The van der Waals surface area contributed by atoms with Gasteiger partial charge in [0, 0.05) is 20.6 Å². The molecule has 0 bridgehead atoms. The van der Waals surface area contributed by atoms with Gasteiger partial charge in [-0.3, -0.25) is 14.9 Å². The molecule has 6 nitrogen and oxygen atoms in total. The molecule has 1 amide bonds. The Morgan fingerprint density at radius 1 is 1.58 bits per heavy atom. The lowest BCUT2D eigenvalue weighted by Crippen LogP contribution is -2.34. The Morgan fingerprint density at radius 2 is 2.21 bits per heavy atom. The van der Waals surface area contributed by atoms with Crippen LogP contribution in [-0.4, -0.2) is 31.5 Å². The Kier molecular flexibility index (Phi) is 5.11. The summed E-state index contributed by atoms with van der Waals surface area (Å²) in [7, 11) is 3.25. The van der Waals surface area contributed by atoms with Gasteiger partial charge in [-0.05, 0) is 12.1 Å². The molecule has 1 rings (SSSR count). The highest BCUT2D eigenvalue weighted by atomic mass is 35.5. The Balaban J connectivity index is 3.00. The number of benzene rings is 1. The minimum Gasteiger partial charge on any atom is -0.368 e. The lowest BCUT2D eigenvalue weighted by molar-refractivity contribution is -0.384. The fourth-order valence-corrected chi connectivity index (χ4v) is 2.07. The topological polar surface area (TPSA) is 75.5 Å². The second kappa shape index (κ2) is 6.38. The van der Waals surface area contributed by atoms with Crippen LogP contribution in [0.4, 0.5) is 11.4 Å². The maximum Gasteiger partial charge on any atom is 0.310 e. The summed E-state index contributed by atoms with van der Waals surface area (Å²) >= 11 is 5.85. The van der Waals surface area contributed by atoms with Crippen LogP contribution in [0.15, 0.2) is 18.2 Å². The highest BCUT2D eigenvalue weighted by Crippen LogP contribution is 2.34. The molecule has 0 radical (unpaired) electrons. The summed E-state index contributed by atoms with van der Waals surface area (Å²) in [6.45, 7) is 2.12. The molecule has 1 atom stereocenters. The van der Waals surface area contributed by atoms with Crippen LogP contribution in [0, 0.1) is 16.0 Å². The summed E-state index contributed by atoms with van der Waals surface area (Å²) in [5.41, 5.74) is 0.254. The number of amides is 1. The molecule has 0 aliphatic heterocycles. The molecule has 0 aromatic heterocycles. The molecule has 1 aromatic carbocycles. The Labute approximate surface area is 116 Å². The van der Waals surface area contributed by atoms with Crippen molar-refractivity contribution in [2.45, 2.75) is 6.92 Å². The molecule has 0 aliphatic rings. The Hall–Kier alpha value is -1.82. The van der Waals surface area contributed by atoms with Gasteiger partial charge in [0.15, 0.2) is 0 Å². The monoisotopic (exact) mass is 285 g/mol. The second-order valence-corrected chi connectivity index (χ2v) is 4.67. The first-order valence-corrected chi connectivity index (χ1v) is 6.12. The van der Waals surface area contributed by atoms with Gasteiger partial charge in [0.2, 0.25) is 5.91 Å². The molecule has 0 heterocycles. The van der Waals surface area contributed by atoms with Gasteiger partial charge in [-0.25, -0.2) is 0 Å². The van der Waals surface area contributed by atoms with Crippen LogP contribution in [-0.2, 0) is 4.79 Å². The van der Waals surface area contributed by atoms with E-state index in [9.17, 15) is 14.9 Å². The summed E-state index contributed by atoms with van der Waals surface area (Å²) in [4.78, 5) is 23.6. The van der Waals surface area contributed by atoms with Crippen molar-refractivity contribution in [2.75, 3.05) is 25.5 Å². The van der Waals surface area contributed by atoms with E-state index in [1.807, 2.05) is 0 Å². The normalized spacial score (nSPS) is 11.8. The van der Waals surface area contributed by atoms with E-state index >= 15 is 0 Å². The highest BCUT2D eigenvalue weighted by molar-refractivity contribution is 6.33. The molecule has 104 valence electrons. The summed E-state index contributed by atoms with van der Waals surface area (Å²) in [5, 5.41) is 13.7. The number of anilines is 1. The number of halogens is 1. The number of carbonyl (C=O) groups excluding carboxylic acids is 1. The summed E-state index contributed by atoms with van der Waals surface area (Å²) in [5.74, 6) is -0.398. The van der Waals surface area contributed by atoms with Gasteiger partial charge in [0.25, 0.3) is 0 Å². The molecular formula is C12H16ClN3O3. The Bertz CT molecular complexity index is 493. The standard InChI is InChI=1S/C12H16ClN3O3/c1-8(12(17)14-2)7-15(3)10-6-4-5-9(13)11(10)16(18)19/h4-6,8H,7H2,1-3H3,(H,14,17). The van der Waals surface area contributed by atoms with Crippen LogP contribution in [0.1, 0.15) is 6.92 Å². The van der Waals surface area contributed by atoms with Crippen LogP contribution in [0.3, 0.4) is 0 Å². The number of carbonyl (C=O) groups is 1. The Morgan fingerprint density at radius 3 is 2.74 bits per heavy atom. The third-order valence-corrected chi connectivity index (χ3v) is 3.11. The van der Waals surface area contributed by atoms with Crippen molar-refractivity contribution in [1.29, 1.82) is 0 Å². The molecule has 7 heteroatoms. The molecule has 0 fully saturated rings. The van der Waals surface area contributed by atoms with Gasteiger partial charge < -0.3 is 10.2 Å². The molecule has 1 unspecified atom stereocenters. The van der Waals surface area contributed by atoms with Crippen LogP contribution < -0.4 is 10.2 Å². The van der Waals surface area contributed by atoms with Crippen molar-refractivity contribution in [3.8, 4) is 0 Å². The third-order valence-electron chi connectivity index (χ3n) is 2.80. The molecule has 0 saturated heterocycles. The van der Waals surface area contributed by atoms with Gasteiger partial charge in [0.1, 0.15) is 10.7 Å². The molecule has 0 spiro atoms. The number of nitrogens with zero attached hydrogens (tertiary/aromatic N) is 2. The van der Waals surface area contributed by atoms with Crippen LogP contribution in [0.2, 0.25) is 5.02 Å². The molecule has 0 saturated carbocycles. The quantitative estimate of drug-likeness (QED) is 0.664. The zero-order valence-corrected chi connectivity index (χ0v) is 11.8. The number of nitro benzene ring substituents is 1. The van der Waals surface area contributed by atoms with Crippen LogP contribution >= 0.6 is 11.6 Å². The minimum absolute atomic E-state index is 0.0851. The lowest BCUT2D eigenvalue weighted by atomic mass is 10.1. The number of rotatable bonds is 5. The van der Waals surface area contributed by atoms with E-state index in [-0.39, 0.29) is 22.5 Å². The number of para-hydroxylation sites is 1. The van der Waals surface area contributed by atoms with Gasteiger partial charge in [-0.15, -0.1) is 0 Å². The van der Waals surface area contributed by atoms with Gasteiger partial charge >= 0.3 is 5.69 Å². The molecule has 1 aromatic rings. The third kappa shape index (κ3) is 3.57. The first kappa shape index (κ1) is 15.2. The number of nitrogens with one attached hydrogen (secondary N) is 1. The first-order valence-electron chi connectivity index (χ1n) is 5.74. The highest BCUT2D eigenvalue weighted by Gasteiger charge is 2.23. The smallest absolute Gasteiger partial charge is 0.310 e. The second-order valence-electron chi connectivity index (χ2n) is 4.26. The van der Waals surface area contributed by atoms with Crippen molar-refractivity contribution >= 4 is 28.9 Å². The van der Waals surface area contributed by atoms with Crippen molar-refractivity contribution < 1.29 is 9.72 Å². The molecule has 19 heavy (non-hydrogen) atoms. The van der Waals surface area contributed by atoms with Gasteiger partial charge in [-0.2, -0.15) is 0 Å². The lowest BCUT2D eigenvalue weighted by Gasteiger charge is -2.22. The van der Waals surface area contributed by atoms with E-state index in [0.717, 1.165) is 0 Å². The summed E-state index contributed by atoms with van der Waals surface area (Å²) < 4.78 is 0. The SMILES string of the molecule is CNC(=O)C(C)CN(C)c1cccc(Cl)c1[N+](=O)[O-]. The fourth-order valence-electron chi connectivity index (χ4n) is 1.83. The number of hydrogen-bond acceptors (Lipinski definition) is 4. The summed E-state index contributed by atoms with van der Waals surface area (Å²) in [6, 6.07) is 4.73. The zero-order valence-electron chi connectivity index (χ0n) is 11.0.